The van der Waals surface area contributed by atoms with Crippen molar-refractivity contribution in [1.82, 2.24) is 9.80 Å². The molecule has 0 spiro atoms. The van der Waals surface area contributed by atoms with Crippen LogP contribution >= 0.6 is 0 Å². The molecule has 36 heavy (non-hydrogen) atoms. The average molecular weight is 513 g/mol. The normalized spacial score (nSPS) is 17.1. The standard InChI is InChI=1S/C29H34F2N2O2S/c30-26-11-7-24(8-12-26)29(25-9-13-27(31)14-10-25)36(35)20-19-32-15-4-16-33(18-17-32)22-28(34)21-23-5-2-1-3-6-23/h1-3,5-14,28-29,34H,4,15-22H2. The summed E-state index contributed by atoms with van der Waals surface area (Å²) in [5.74, 6) is -0.216. The summed E-state index contributed by atoms with van der Waals surface area (Å²) in [6.07, 6.45) is 1.23. The fourth-order valence-electron chi connectivity index (χ4n) is 4.79. The van der Waals surface area contributed by atoms with Crippen LogP contribution in [0.25, 0.3) is 0 Å². The third-order valence-electron chi connectivity index (χ3n) is 6.68. The first-order chi connectivity index (χ1) is 17.5. The van der Waals surface area contributed by atoms with Gasteiger partial charge in [0.25, 0.3) is 0 Å². The highest BCUT2D eigenvalue weighted by Crippen LogP contribution is 2.29. The van der Waals surface area contributed by atoms with E-state index in [0.717, 1.165) is 49.3 Å². The minimum Gasteiger partial charge on any atom is -0.391 e. The number of benzene rings is 3. The second-order valence-electron chi connectivity index (χ2n) is 9.41. The van der Waals surface area contributed by atoms with Gasteiger partial charge in [0.2, 0.25) is 0 Å². The summed E-state index contributed by atoms with van der Waals surface area (Å²) < 4.78 is 40.5. The molecule has 0 aliphatic carbocycles. The van der Waals surface area contributed by atoms with Gasteiger partial charge >= 0.3 is 0 Å². The molecule has 0 aromatic heterocycles. The molecule has 2 atom stereocenters. The lowest BCUT2D eigenvalue weighted by atomic mass is 10.0. The topological polar surface area (TPSA) is 43.8 Å². The third-order valence-corrected chi connectivity index (χ3v) is 8.34. The molecule has 192 valence electrons. The van der Waals surface area contributed by atoms with E-state index in [1.165, 1.54) is 24.3 Å². The SMILES string of the molecule is O=S(CCN1CCCN(CC(O)Cc2ccccc2)CC1)C(c1ccc(F)cc1)c1ccc(F)cc1. The summed E-state index contributed by atoms with van der Waals surface area (Å²) in [6, 6.07) is 22.2. The first-order valence-electron chi connectivity index (χ1n) is 12.5. The van der Waals surface area contributed by atoms with E-state index in [4.69, 9.17) is 0 Å². The zero-order chi connectivity index (χ0) is 25.3. The maximum atomic E-state index is 13.5. The molecular weight excluding hydrogens is 478 g/mol. The van der Waals surface area contributed by atoms with Gasteiger partial charge in [-0.05, 0) is 66.9 Å². The molecule has 0 bridgehead atoms. The van der Waals surface area contributed by atoms with Crippen molar-refractivity contribution in [2.75, 3.05) is 45.0 Å². The summed E-state index contributed by atoms with van der Waals surface area (Å²) in [7, 11) is -1.26. The minimum absolute atomic E-state index is 0.342. The Balaban J connectivity index is 1.32. The van der Waals surface area contributed by atoms with Gasteiger partial charge in [0.15, 0.2) is 0 Å². The number of β-amino-alcohol motifs (C(OH)–C–C–N with tert-alkyl or cyclic N) is 1. The fraction of sp³-hybridized carbons (Fsp3) is 0.379. The zero-order valence-electron chi connectivity index (χ0n) is 20.4. The van der Waals surface area contributed by atoms with Crippen LogP contribution in [-0.4, -0.2) is 70.2 Å². The van der Waals surface area contributed by atoms with Gasteiger partial charge in [-0.25, -0.2) is 8.78 Å². The highest BCUT2D eigenvalue weighted by molar-refractivity contribution is 7.85. The van der Waals surface area contributed by atoms with Crippen molar-refractivity contribution in [2.45, 2.75) is 24.2 Å². The van der Waals surface area contributed by atoms with E-state index in [1.54, 1.807) is 24.3 Å². The van der Waals surface area contributed by atoms with E-state index in [-0.39, 0.29) is 11.6 Å². The van der Waals surface area contributed by atoms with E-state index >= 15 is 0 Å². The van der Waals surface area contributed by atoms with Crippen molar-refractivity contribution in [2.24, 2.45) is 0 Å². The predicted octanol–water partition coefficient (Wildman–Crippen LogP) is 4.41. The Kier molecular flexibility index (Phi) is 9.75. The number of aliphatic hydroxyl groups is 1. The summed E-state index contributed by atoms with van der Waals surface area (Å²) in [5, 5.41) is 10.1. The molecule has 3 aromatic carbocycles. The second kappa shape index (κ2) is 13.2. The minimum atomic E-state index is -1.26. The summed E-state index contributed by atoms with van der Waals surface area (Å²) in [4.78, 5) is 4.64. The van der Waals surface area contributed by atoms with Crippen molar-refractivity contribution >= 4 is 10.8 Å². The monoisotopic (exact) mass is 512 g/mol. The predicted molar refractivity (Wildman–Crippen MR) is 141 cm³/mol. The summed E-state index contributed by atoms with van der Waals surface area (Å²) in [5.41, 5.74) is 2.66. The molecule has 0 radical (unpaired) electrons. The van der Waals surface area contributed by atoms with E-state index in [9.17, 15) is 18.1 Å². The van der Waals surface area contributed by atoms with Gasteiger partial charge in [0, 0.05) is 42.7 Å². The van der Waals surface area contributed by atoms with Gasteiger partial charge in [-0.3, -0.25) is 9.11 Å². The third kappa shape index (κ3) is 7.77. The highest BCUT2D eigenvalue weighted by atomic mass is 32.2. The van der Waals surface area contributed by atoms with Crippen LogP contribution in [0.1, 0.15) is 28.4 Å². The molecule has 4 rings (SSSR count). The van der Waals surface area contributed by atoms with Crippen molar-refractivity contribution in [3.8, 4) is 0 Å². The van der Waals surface area contributed by atoms with Gasteiger partial charge in [0.05, 0.1) is 11.4 Å². The van der Waals surface area contributed by atoms with Gasteiger partial charge in [-0.2, -0.15) is 0 Å². The first-order valence-corrected chi connectivity index (χ1v) is 13.9. The number of halogens is 2. The van der Waals surface area contributed by atoms with E-state index in [0.29, 0.717) is 25.3 Å². The molecule has 2 unspecified atom stereocenters. The van der Waals surface area contributed by atoms with Gasteiger partial charge in [-0.1, -0.05) is 54.6 Å². The Labute approximate surface area is 215 Å². The molecule has 4 nitrogen and oxygen atoms in total. The number of rotatable bonds is 10. The van der Waals surface area contributed by atoms with E-state index in [2.05, 4.69) is 9.80 Å². The largest absolute Gasteiger partial charge is 0.391 e. The maximum Gasteiger partial charge on any atom is 0.123 e. The lowest BCUT2D eigenvalue weighted by Gasteiger charge is -2.24. The molecular formula is C29H34F2N2O2S. The van der Waals surface area contributed by atoms with Crippen LogP contribution in [0.2, 0.25) is 0 Å². The van der Waals surface area contributed by atoms with E-state index < -0.39 is 22.2 Å². The molecule has 1 N–H and O–H groups in total. The maximum absolute atomic E-state index is 13.5. The van der Waals surface area contributed by atoms with Crippen LogP contribution in [0.3, 0.4) is 0 Å². The summed E-state index contributed by atoms with van der Waals surface area (Å²) >= 11 is 0. The Hall–Kier alpha value is -2.45. The molecule has 1 saturated heterocycles. The van der Waals surface area contributed by atoms with Crippen LogP contribution < -0.4 is 0 Å². The molecule has 0 saturated carbocycles. The molecule has 1 heterocycles. The lowest BCUT2D eigenvalue weighted by molar-refractivity contribution is 0.114. The van der Waals surface area contributed by atoms with Crippen molar-refractivity contribution in [1.29, 1.82) is 0 Å². The van der Waals surface area contributed by atoms with E-state index in [1.807, 2.05) is 30.3 Å². The molecule has 7 heteroatoms. The second-order valence-corrected chi connectivity index (χ2v) is 11.0. The van der Waals surface area contributed by atoms with Crippen LogP contribution in [0, 0.1) is 11.6 Å². The molecule has 1 aliphatic rings. The highest BCUT2D eigenvalue weighted by Gasteiger charge is 2.23. The molecule has 1 fully saturated rings. The smallest absolute Gasteiger partial charge is 0.123 e. The number of hydrogen-bond donors (Lipinski definition) is 1. The summed E-state index contributed by atoms with van der Waals surface area (Å²) in [6.45, 7) is 4.89. The lowest BCUT2D eigenvalue weighted by Crippen LogP contribution is -2.37. The first kappa shape index (κ1) is 26.6. The van der Waals surface area contributed by atoms with Gasteiger partial charge in [0.1, 0.15) is 11.6 Å². The van der Waals surface area contributed by atoms with Crippen molar-refractivity contribution in [3.63, 3.8) is 0 Å². The van der Waals surface area contributed by atoms with Crippen molar-refractivity contribution in [3.05, 3.63) is 107 Å². The molecule has 0 amide bonds. The van der Waals surface area contributed by atoms with Crippen molar-refractivity contribution < 1.29 is 18.1 Å². The molecule has 3 aromatic rings. The molecule has 1 aliphatic heterocycles. The van der Waals surface area contributed by atoms with Gasteiger partial charge < -0.3 is 10.0 Å². The Morgan fingerprint density at radius 3 is 1.94 bits per heavy atom. The zero-order valence-corrected chi connectivity index (χ0v) is 21.3. The number of nitrogens with zero attached hydrogens (tertiary/aromatic N) is 2. The number of hydrogen-bond acceptors (Lipinski definition) is 4. The Morgan fingerprint density at radius 2 is 1.33 bits per heavy atom. The quantitative estimate of drug-likeness (QED) is 0.437. The van der Waals surface area contributed by atoms with Gasteiger partial charge in [-0.15, -0.1) is 0 Å². The Bertz CT molecular complexity index is 1050. The van der Waals surface area contributed by atoms with Crippen LogP contribution in [-0.2, 0) is 17.2 Å². The van der Waals surface area contributed by atoms with Crippen LogP contribution in [0.15, 0.2) is 78.9 Å². The average Bonchev–Trinajstić information content (AvgIpc) is 3.11. The van der Waals surface area contributed by atoms with Crippen LogP contribution in [0.4, 0.5) is 8.78 Å². The fourth-order valence-corrected chi connectivity index (χ4v) is 6.38. The van der Waals surface area contributed by atoms with Crippen LogP contribution in [0.5, 0.6) is 0 Å². The Morgan fingerprint density at radius 1 is 0.778 bits per heavy atom. The number of aliphatic hydroxyl groups excluding tert-OH is 1.